The van der Waals surface area contributed by atoms with Gasteiger partial charge in [0.05, 0.1) is 14.9 Å². The normalized spacial score (nSPS) is 10.5. The van der Waals surface area contributed by atoms with E-state index in [0.29, 0.717) is 15.0 Å². The van der Waals surface area contributed by atoms with E-state index in [1.807, 2.05) is 0 Å². The second kappa shape index (κ2) is 4.31. The van der Waals surface area contributed by atoms with Gasteiger partial charge in [-0.25, -0.2) is 9.78 Å². The number of aromatic carboxylic acids is 1. The van der Waals surface area contributed by atoms with Crippen LogP contribution in [0.3, 0.4) is 0 Å². The molecule has 2 aromatic heterocycles. The highest BCUT2D eigenvalue weighted by atomic mass is 35.5. The fraction of sp³-hybridized carbons (Fsp3) is 0.100. The van der Waals surface area contributed by atoms with Gasteiger partial charge in [0.1, 0.15) is 5.56 Å². The van der Waals surface area contributed by atoms with E-state index in [0.717, 1.165) is 0 Å². The van der Waals surface area contributed by atoms with Crippen molar-refractivity contribution in [2.45, 2.75) is 6.92 Å². The Morgan fingerprint density at radius 3 is 2.71 bits per heavy atom. The zero-order valence-corrected chi connectivity index (χ0v) is 10.2. The largest absolute Gasteiger partial charge is 0.477 e. The fourth-order valence-corrected chi connectivity index (χ4v) is 2.38. The van der Waals surface area contributed by atoms with E-state index >= 15 is 0 Å². The van der Waals surface area contributed by atoms with Crippen molar-refractivity contribution < 1.29 is 9.90 Å². The molecule has 0 spiro atoms. The lowest BCUT2D eigenvalue weighted by atomic mass is 10.2. The lowest BCUT2D eigenvalue weighted by Gasteiger charge is -2.01. The maximum atomic E-state index is 11.6. The molecule has 2 heterocycles. The number of carboxylic acid groups (broad SMARTS) is 1. The number of thiophene rings is 1. The molecular weight excluding hydrogens is 264 g/mol. The van der Waals surface area contributed by atoms with Crippen LogP contribution in [0.2, 0.25) is 4.34 Å². The lowest BCUT2D eigenvalue weighted by Crippen LogP contribution is -2.21. The summed E-state index contributed by atoms with van der Waals surface area (Å²) in [5.74, 6) is -0.957. The topological polar surface area (TPSA) is 83.0 Å². The van der Waals surface area contributed by atoms with E-state index in [4.69, 9.17) is 16.7 Å². The molecule has 0 aromatic carbocycles. The summed E-state index contributed by atoms with van der Waals surface area (Å²) in [4.78, 5) is 29.6. The molecule has 0 saturated heterocycles. The molecular formula is C10H7ClN2O3S. The van der Waals surface area contributed by atoms with Gasteiger partial charge in [0.2, 0.25) is 0 Å². The molecule has 0 aliphatic rings. The Labute approximate surface area is 105 Å². The highest BCUT2D eigenvalue weighted by molar-refractivity contribution is 7.19. The Morgan fingerprint density at radius 2 is 2.24 bits per heavy atom. The van der Waals surface area contributed by atoms with Crippen molar-refractivity contribution in [1.29, 1.82) is 0 Å². The van der Waals surface area contributed by atoms with Crippen molar-refractivity contribution in [2.24, 2.45) is 0 Å². The molecule has 2 aromatic rings. The molecule has 5 nitrogen and oxygen atoms in total. The van der Waals surface area contributed by atoms with E-state index < -0.39 is 11.5 Å². The van der Waals surface area contributed by atoms with Gasteiger partial charge in [-0.3, -0.25) is 4.79 Å². The molecule has 88 valence electrons. The van der Waals surface area contributed by atoms with Gasteiger partial charge in [-0.05, 0) is 19.1 Å². The first-order chi connectivity index (χ1) is 7.99. The van der Waals surface area contributed by atoms with Gasteiger partial charge in [-0.15, -0.1) is 11.3 Å². The molecule has 0 radical (unpaired) electrons. The van der Waals surface area contributed by atoms with Gasteiger partial charge < -0.3 is 10.1 Å². The number of carbonyl (C=O) groups is 1. The van der Waals surface area contributed by atoms with Gasteiger partial charge in [0.15, 0.2) is 5.82 Å². The third-order valence-electron chi connectivity index (χ3n) is 2.12. The van der Waals surface area contributed by atoms with Crippen LogP contribution in [0.25, 0.3) is 10.7 Å². The number of aromatic nitrogens is 2. The maximum Gasteiger partial charge on any atom is 0.343 e. The summed E-state index contributed by atoms with van der Waals surface area (Å²) in [6.07, 6.45) is 0. The number of aromatic amines is 1. The molecule has 2 N–H and O–H groups in total. The zero-order valence-electron chi connectivity index (χ0n) is 8.65. The molecule has 0 saturated carbocycles. The van der Waals surface area contributed by atoms with Crippen molar-refractivity contribution in [1.82, 2.24) is 9.97 Å². The number of halogens is 1. The highest BCUT2D eigenvalue weighted by Gasteiger charge is 2.16. The average Bonchev–Trinajstić information content (AvgIpc) is 2.63. The third kappa shape index (κ3) is 2.22. The molecule has 2 rings (SSSR count). The van der Waals surface area contributed by atoms with Crippen molar-refractivity contribution in [3.8, 4) is 10.7 Å². The Balaban J connectivity index is 2.60. The van der Waals surface area contributed by atoms with Crippen LogP contribution in [-0.2, 0) is 0 Å². The summed E-state index contributed by atoms with van der Waals surface area (Å²) in [5, 5.41) is 8.83. The van der Waals surface area contributed by atoms with Gasteiger partial charge >= 0.3 is 5.97 Å². The van der Waals surface area contributed by atoms with Gasteiger partial charge in [-0.2, -0.15) is 0 Å². The Morgan fingerprint density at radius 1 is 1.53 bits per heavy atom. The van der Waals surface area contributed by atoms with Crippen LogP contribution in [0, 0.1) is 6.92 Å². The molecule has 17 heavy (non-hydrogen) atoms. The standard InChI is InChI=1S/C10H7ClN2O3S/c1-4-7(10(15)16)9(14)13-8(12-4)5-2-3-6(11)17-5/h2-3H,1H3,(H,15,16)(H,12,13,14). The SMILES string of the molecule is Cc1nc(-c2ccc(Cl)s2)[nH]c(=O)c1C(=O)O. The van der Waals surface area contributed by atoms with Gasteiger partial charge in [0, 0.05) is 0 Å². The second-order valence-corrected chi connectivity index (χ2v) is 5.00. The minimum Gasteiger partial charge on any atom is -0.477 e. The minimum absolute atomic E-state index is 0.181. The molecule has 0 bridgehead atoms. The van der Waals surface area contributed by atoms with Gasteiger partial charge in [0.25, 0.3) is 5.56 Å². The average molecular weight is 271 g/mol. The predicted molar refractivity (Wildman–Crippen MR) is 64.9 cm³/mol. The van der Waals surface area contributed by atoms with Crippen LogP contribution in [-0.4, -0.2) is 21.0 Å². The summed E-state index contributed by atoms with van der Waals surface area (Å²) in [7, 11) is 0. The van der Waals surface area contributed by atoms with Crippen molar-refractivity contribution >= 4 is 28.9 Å². The summed E-state index contributed by atoms with van der Waals surface area (Å²) in [6, 6.07) is 3.40. The number of hydrogen-bond donors (Lipinski definition) is 2. The lowest BCUT2D eigenvalue weighted by molar-refractivity contribution is 0.0693. The number of carboxylic acids is 1. The van der Waals surface area contributed by atoms with Crippen LogP contribution in [0.4, 0.5) is 0 Å². The first-order valence-corrected chi connectivity index (χ1v) is 5.78. The van der Waals surface area contributed by atoms with E-state index in [2.05, 4.69) is 9.97 Å². The van der Waals surface area contributed by atoms with Crippen LogP contribution < -0.4 is 5.56 Å². The molecule has 0 fully saturated rings. The smallest absolute Gasteiger partial charge is 0.343 e. The van der Waals surface area contributed by atoms with Crippen LogP contribution in [0.15, 0.2) is 16.9 Å². The number of H-pyrrole nitrogens is 1. The number of aryl methyl sites for hydroxylation is 1. The Hall–Kier alpha value is -1.66. The summed E-state index contributed by atoms with van der Waals surface area (Å²) in [5.41, 5.74) is -0.818. The molecule has 0 aliphatic heterocycles. The first kappa shape index (κ1) is 11.8. The van der Waals surface area contributed by atoms with E-state index in [1.165, 1.54) is 18.3 Å². The van der Waals surface area contributed by atoms with Gasteiger partial charge in [-0.1, -0.05) is 11.6 Å². The van der Waals surface area contributed by atoms with Crippen molar-refractivity contribution in [3.05, 3.63) is 38.1 Å². The molecule has 0 amide bonds. The summed E-state index contributed by atoms with van der Waals surface area (Å²) >= 11 is 7.03. The monoisotopic (exact) mass is 270 g/mol. The fourth-order valence-electron chi connectivity index (χ4n) is 1.40. The zero-order chi connectivity index (χ0) is 12.6. The Bertz CT molecular complexity index is 647. The summed E-state index contributed by atoms with van der Waals surface area (Å²) in [6.45, 7) is 1.48. The van der Waals surface area contributed by atoms with Crippen LogP contribution in [0.1, 0.15) is 16.1 Å². The molecule has 0 atom stereocenters. The number of nitrogens with zero attached hydrogens (tertiary/aromatic N) is 1. The quantitative estimate of drug-likeness (QED) is 0.876. The highest BCUT2D eigenvalue weighted by Crippen LogP contribution is 2.28. The molecule has 0 aliphatic carbocycles. The third-order valence-corrected chi connectivity index (χ3v) is 3.36. The maximum absolute atomic E-state index is 11.6. The van der Waals surface area contributed by atoms with Crippen LogP contribution >= 0.6 is 22.9 Å². The van der Waals surface area contributed by atoms with Crippen LogP contribution in [0.5, 0.6) is 0 Å². The summed E-state index contributed by atoms with van der Waals surface area (Å²) < 4.78 is 0.572. The van der Waals surface area contributed by atoms with E-state index in [1.54, 1.807) is 12.1 Å². The molecule has 0 unspecified atom stereocenters. The second-order valence-electron chi connectivity index (χ2n) is 3.28. The van der Waals surface area contributed by atoms with E-state index in [9.17, 15) is 9.59 Å². The van der Waals surface area contributed by atoms with Crippen molar-refractivity contribution in [3.63, 3.8) is 0 Å². The predicted octanol–water partition coefficient (Wildman–Crippen LogP) is 2.16. The number of nitrogens with one attached hydrogen (secondary N) is 1. The van der Waals surface area contributed by atoms with Crippen molar-refractivity contribution in [2.75, 3.05) is 0 Å². The first-order valence-electron chi connectivity index (χ1n) is 4.59. The molecule has 7 heteroatoms. The number of hydrogen-bond acceptors (Lipinski definition) is 4. The Kier molecular flexibility index (Phi) is 2.99. The van der Waals surface area contributed by atoms with E-state index in [-0.39, 0.29) is 11.3 Å². The number of rotatable bonds is 2. The minimum atomic E-state index is -1.29.